The molecule has 3 rings (SSSR count). The summed E-state index contributed by atoms with van der Waals surface area (Å²) in [5.74, 6) is 1.81. The monoisotopic (exact) mass is 484 g/mol. The molecule has 7 nitrogen and oxygen atoms in total. The van der Waals surface area contributed by atoms with Gasteiger partial charge in [0, 0.05) is 45.3 Å². The van der Waals surface area contributed by atoms with Gasteiger partial charge in [-0.25, -0.2) is 0 Å². The van der Waals surface area contributed by atoms with Gasteiger partial charge < -0.3 is 4.57 Å². The Balaban J connectivity index is 1.64. The van der Waals surface area contributed by atoms with Gasteiger partial charge in [0.1, 0.15) is 5.82 Å². The molecular formula is C19H18Cl2N4O3S2. The fraction of sp³-hybridized carbons (Fsp3) is 0.263. The molecule has 0 fully saturated rings. The maximum Gasteiger partial charge on any atom is 0.269 e. The van der Waals surface area contributed by atoms with Crippen LogP contribution >= 0.6 is 35.0 Å². The molecule has 1 aromatic heterocycles. The van der Waals surface area contributed by atoms with Crippen LogP contribution in [0.2, 0.25) is 10.0 Å². The van der Waals surface area contributed by atoms with Gasteiger partial charge in [0.05, 0.1) is 16.4 Å². The van der Waals surface area contributed by atoms with Crippen molar-refractivity contribution in [2.45, 2.75) is 35.9 Å². The lowest BCUT2D eigenvalue weighted by atomic mass is 10.2. The molecular weight excluding hydrogens is 467 g/mol. The van der Waals surface area contributed by atoms with Gasteiger partial charge in [0.2, 0.25) is 0 Å². The van der Waals surface area contributed by atoms with Gasteiger partial charge >= 0.3 is 0 Å². The molecule has 1 heterocycles. The fourth-order valence-electron chi connectivity index (χ4n) is 2.72. The minimum absolute atomic E-state index is 0.0611. The largest absolute Gasteiger partial charge is 0.306 e. The van der Waals surface area contributed by atoms with Gasteiger partial charge in [-0.3, -0.25) is 14.3 Å². The molecule has 2 aromatic carbocycles. The third kappa shape index (κ3) is 5.81. The maximum absolute atomic E-state index is 12.6. The summed E-state index contributed by atoms with van der Waals surface area (Å²) in [4.78, 5) is 10.3. The molecule has 0 radical (unpaired) electrons. The Labute approximate surface area is 190 Å². The molecule has 0 spiro atoms. The van der Waals surface area contributed by atoms with Crippen LogP contribution in [0.3, 0.4) is 0 Å². The SMILES string of the molecule is CCn1c(CS(=O)Cc2ccc(Cl)cc2Cl)nnc1SCc1ccc([N+](=O)[O-])cc1. The number of halogens is 2. The number of hydrogen-bond donors (Lipinski definition) is 0. The van der Waals surface area contributed by atoms with Crippen LogP contribution in [0.15, 0.2) is 47.6 Å². The van der Waals surface area contributed by atoms with Crippen LogP contribution in [0.5, 0.6) is 0 Å². The third-order valence-electron chi connectivity index (χ3n) is 4.25. The quantitative estimate of drug-likeness (QED) is 0.234. The number of thioether (sulfide) groups is 1. The molecule has 11 heteroatoms. The molecule has 0 aliphatic rings. The van der Waals surface area contributed by atoms with Crippen molar-refractivity contribution < 1.29 is 9.13 Å². The average molecular weight is 485 g/mol. The summed E-state index contributed by atoms with van der Waals surface area (Å²) >= 11 is 13.6. The second-order valence-electron chi connectivity index (χ2n) is 6.32. The number of benzene rings is 2. The lowest BCUT2D eigenvalue weighted by molar-refractivity contribution is -0.384. The van der Waals surface area contributed by atoms with Crippen LogP contribution < -0.4 is 0 Å². The Kier molecular flexibility index (Phi) is 7.87. The first kappa shape index (κ1) is 22.7. The van der Waals surface area contributed by atoms with Crippen LogP contribution in [0.4, 0.5) is 5.69 Å². The minimum Gasteiger partial charge on any atom is -0.306 e. The van der Waals surface area contributed by atoms with Crippen LogP contribution in [0.25, 0.3) is 0 Å². The van der Waals surface area contributed by atoms with Crippen LogP contribution in [0, 0.1) is 10.1 Å². The first-order valence-corrected chi connectivity index (χ1v) is 12.2. The highest BCUT2D eigenvalue weighted by molar-refractivity contribution is 7.98. The lowest BCUT2D eigenvalue weighted by Gasteiger charge is -2.08. The van der Waals surface area contributed by atoms with E-state index >= 15 is 0 Å². The Bertz CT molecular complexity index is 1070. The van der Waals surface area contributed by atoms with Gasteiger partial charge in [-0.05, 0) is 30.2 Å². The number of aromatic nitrogens is 3. The summed E-state index contributed by atoms with van der Waals surface area (Å²) in [7, 11) is -1.21. The second-order valence-corrected chi connectivity index (χ2v) is 9.56. The van der Waals surface area contributed by atoms with Gasteiger partial charge in [-0.2, -0.15) is 0 Å². The molecule has 3 aromatic rings. The Hall–Kier alpha value is -1.94. The Morgan fingerprint density at radius 2 is 1.87 bits per heavy atom. The summed E-state index contributed by atoms with van der Waals surface area (Å²) in [5.41, 5.74) is 1.78. The van der Waals surface area contributed by atoms with E-state index in [0.717, 1.165) is 11.1 Å². The van der Waals surface area contributed by atoms with Crippen molar-refractivity contribution >= 4 is 51.5 Å². The van der Waals surface area contributed by atoms with E-state index in [9.17, 15) is 14.3 Å². The third-order valence-corrected chi connectivity index (χ3v) is 7.08. The Morgan fingerprint density at radius 3 is 2.50 bits per heavy atom. The topological polar surface area (TPSA) is 90.9 Å². The number of nitro benzene ring substituents is 1. The number of non-ortho nitro benzene ring substituents is 1. The van der Waals surface area contributed by atoms with Crippen LogP contribution in [-0.2, 0) is 34.6 Å². The first-order chi connectivity index (χ1) is 14.4. The molecule has 158 valence electrons. The highest BCUT2D eigenvalue weighted by Gasteiger charge is 2.16. The molecule has 0 bridgehead atoms. The zero-order valence-electron chi connectivity index (χ0n) is 16.0. The predicted octanol–water partition coefficient (Wildman–Crippen LogP) is 5.25. The van der Waals surface area contributed by atoms with Gasteiger partial charge in [-0.15, -0.1) is 10.2 Å². The van der Waals surface area contributed by atoms with E-state index in [4.69, 9.17) is 23.2 Å². The van der Waals surface area contributed by atoms with E-state index in [-0.39, 0.29) is 11.4 Å². The van der Waals surface area contributed by atoms with Crippen molar-refractivity contribution in [2.75, 3.05) is 0 Å². The zero-order chi connectivity index (χ0) is 21.7. The second kappa shape index (κ2) is 10.4. The van der Waals surface area contributed by atoms with E-state index in [2.05, 4.69) is 10.2 Å². The zero-order valence-corrected chi connectivity index (χ0v) is 19.1. The van der Waals surface area contributed by atoms with Crippen molar-refractivity contribution in [3.63, 3.8) is 0 Å². The van der Waals surface area contributed by atoms with E-state index in [1.807, 2.05) is 11.5 Å². The smallest absolute Gasteiger partial charge is 0.269 e. The normalized spacial score (nSPS) is 12.1. The number of hydrogen-bond acceptors (Lipinski definition) is 6. The molecule has 0 saturated carbocycles. The summed E-state index contributed by atoms with van der Waals surface area (Å²) in [6.07, 6.45) is 0. The summed E-state index contributed by atoms with van der Waals surface area (Å²) < 4.78 is 14.6. The summed E-state index contributed by atoms with van der Waals surface area (Å²) in [6.45, 7) is 2.62. The molecule has 0 amide bonds. The fourth-order valence-corrected chi connectivity index (χ4v) is 5.45. The standard InChI is InChI=1S/C19H18Cl2N4O3S2/c1-2-24-18(12-30(28)11-14-5-6-15(20)9-17(14)21)22-23-19(24)29-10-13-3-7-16(8-4-13)25(26)27/h3-9H,2,10-12H2,1H3. The van der Waals surface area contributed by atoms with Crippen LogP contribution in [0.1, 0.15) is 23.9 Å². The summed E-state index contributed by atoms with van der Waals surface area (Å²) in [6, 6.07) is 11.6. The van der Waals surface area contributed by atoms with Gasteiger partial charge in [-0.1, -0.05) is 53.2 Å². The number of nitrogens with zero attached hydrogens (tertiary/aromatic N) is 4. The van der Waals surface area contributed by atoms with E-state index in [0.29, 0.717) is 39.1 Å². The van der Waals surface area contributed by atoms with Crippen molar-refractivity contribution in [3.05, 3.63) is 79.6 Å². The highest BCUT2D eigenvalue weighted by atomic mass is 35.5. The molecule has 0 saturated heterocycles. The molecule has 1 unspecified atom stereocenters. The van der Waals surface area contributed by atoms with Crippen molar-refractivity contribution in [1.82, 2.24) is 14.8 Å². The molecule has 30 heavy (non-hydrogen) atoms. The van der Waals surface area contributed by atoms with E-state index in [1.54, 1.807) is 30.3 Å². The highest BCUT2D eigenvalue weighted by Crippen LogP contribution is 2.25. The molecule has 0 aliphatic heterocycles. The van der Waals surface area contributed by atoms with Gasteiger partial charge in [0.15, 0.2) is 5.16 Å². The average Bonchev–Trinajstić information content (AvgIpc) is 3.10. The molecule has 0 N–H and O–H groups in total. The van der Waals surface area contributed by atoms with Crippen molar-refractivity contribution in [2.24, 2.45) is 0 Å². The maximum atomic E-state index is 12.6. The van der Waals surface area contributed by atoms with Gasteiger partial charge in [0.25, 0.3) is 5.69 Å². The first-order valence-electron chi connectivity index (χ1n) is 8.94. The number of nitro groups is 1. The van der Waals surface area contributed by atoms with Crippen molar-refractivity contribution in [3.8, 4) is 0 Å². The minimum atomic E-state index is -1.21. The molecule has 0 aliphatic carbocycles. The Morgan fingerprint density at radius 1 is 1.13 bits per heavy atom. The predicted molar refractivity (Wildman–Crippen MR) is 120 cm³/mol. The summed E-state index contributed by atoms with van der Waals surface area (Å²) in [5, 5.41) is 20.9. The van der Waals surface area contributed by atoms with Crippen molar-refractivity contribution in [1.29, 1.82) is 0 Å². The van der Waals surface area contributed by atoms with E-state index < -0.39 is 15.7 Å². The number of rotatable bonds is 9. The molecule has 1 atom stereocenters. The van der Waals surface area contributed by atoms with E-state index in [1.165, 1.54) is 23.9 Å². The van der Waals surface area contributed by atoms with Crippen LogP contribution in [-0.4, -0.2) is 23.9 Å². The lowest BCUT2D eigenvalue weighted by Crippen LogP contribution is -2.08.